The molecule has 0 amide bonds. The first-order chi connectivity index (χ1) is 6.99. The lowest BCUT2D eigenvalue weighted by Gasteiger charge is -2.29. The molecule has 1 saturated heterocycles. The van der Waals surface area contributed by atoms with Gasteiger partial charge in [-0.2, -0.15) is 0 Å². The molecule has 88 valence electrons. The summed E-state index contributed by atoms with van der Waals surface area (Å²) in [7, 11) is 0. The van der Waals surface area contributed by atoms with Crippen molar-refractivity contribution in [1.82, 2.24) is 4.90 Å². The van der Waals surface area contributed by atoms with Gasteiger partial charge in [0.1, 0.15) is 0 Å². The molecule has 0 aromatic rings. The zero-order chi connectivity index (χ0) is 11.3. The SMILES string of the molecule is CC(O)(CC(=O)O)CN1CCCCCC1. The third-order valence-electron chi connectivity index (χ3n) is 2.79. The molecule has 4 nitrogen and oxygen atoms in total. The average Bonchev–Trinajstić information content (AvgIpc) is 2.29. The van der Waals surface area contributed by atoms with E-state index in [1.807, 2.05) is 0 Å². The van der Waals surface area contributed by atoms with Crippen LogP contribution in [0.25, 0.3) is 0 Å². The number of aliphatic hydroxyl groups is 1. The third-order valence-corrected chi connectivity index (χ3v) is 2.79. The Hall–Kier alpha value is -0.610. The number of nitrogens with zero attached hydrogens (tertiary/aromatic N) is 1. The molecule has 0 saturated carbocycles. The zero-order valence-corrected chi connectivity index (χ0v) is 9.41. The van der Waals surface area contributed by atoms with Crippen LogP contribution >= 0.6 is 0 Å². The molecule has 4 heteroatoms. The average molecular weight is 215 g/mol. The number of carboxylic acid groups (broad SMARTS) is 1. The van der Waals surface area contributed by atoms with Crippen LogP contribution in [0.15, 0.2) is 0 Å². The zero-order valence-electron chi connectivity index (χ0n) is 9.41. The van der Waals surface area contributed by atoms with Crippen molar-refractivity contribution in [3.63, 3.8) is 0 Å². The Balaban J connectivity index is 2.40. The van der Waals surface area contributed by atoms with E-state index in [1.165, 1.54) is 12.8 Å². The van der Waals surface area contributed by atoms with Gasteiger partial charge in [0, 0.05) is 6.54 Å². The maximum Gasteiger partial charge on any atom is 0.306 e. The highest BCUT2D eigenvalue weighted by Crippen LogP contribution is 2.16. The van der Waals surface area contributed by atoms with Crippen molar-refractivity contribution in [3.8, 4) is 0 Å². The van der Waals surface area contributed by atoms with Gasteiger partial charge in [-0.05, 0) is 32.9 Å². The maximum absolute atomic E-state index is 10.5. The molecule has 0 spiro atoms. The number of aliphatic carboxylic acids is 1. The molecule has 15 heavy (non-hydrogen) atoms. The Morgan fingerprint density at radius 3 is 2.27 bits per heavy atom. The van der Waals surface area contributed by atoms with Crippen LogP contribution in [0.4, 0.5) is 0 Å². The van der Waals surface area contributed by atoms with Crippen LogP contribution in [0.1, 0.15) is 39.0 Å². The van der Waals surface area contributed by atoms with Gasteiger partial charge in [-0.25, -0.2) is 0 Å². The molecule has 1 rings (SSSR count). The van der Waals surface area contributed by atoms with Crippen LogP contribution in [0.3, 0.4) is 0 Å². The summed E-state index contributed by atoms with van der Waals surface area (Å²) in [5.41, 5.74) is -1.10. The summed E-state index contributed by atoms with van der Waals surface area (Å²) >= 11 is 0. The van der Waals surface area contributed by atoms with Gasteiger partial charge in [-0.15, -0.1) is 0 Å². The summed E-state index contributed by atoms with van der Waals surface area (Å²) in [4.78, 5) is 12.7. The first-order valence-corrected chi connectivity index (χ1v) is 5.66. The molecule has 1 aliphatic rings. The third kappa shape index (κ3) is 5.14. The predicted molar refractivity (Wildman–Crippen MR) is 57.8 cm³/mol. The van der Waals surface area contributed by atoms with E-state index in [9.17, 15) is 9.90 Å². The van der Waals surface area contributed by atoms with E-state index in [0.717, 1.165) is 25.9 Å². The van der Waals surface area contributed by atoms with Gasteiger partial charge < -0.3 is 15.1 Å². The van der Waals surface area contributed by atoms with E-state index < -0.39 is 11.6 Å². The van der Waals surface area contributed by atoms with Crippen LogP contribution < -0.4 is 0 Å². The Labute approximate surface area is 90.9 Å². The number of hydrogen-bond acceptors (Lipinski definition) is 3. The smallest absolute Gasteiger partial charge is 0.306 e. The normalized spacial score (nSPS) is 23.1. The quantitative estimate of drug-likeness (QED) is 0.737. The van der Waals surface area contributed by atoms with Crippen molar-refractivity contribution in [2.24, 2.45) is 0 Å². The molecule has 1 unspecified atom stereocenters. The molecule has 0 radical (unpaired) electrons. The molecule has 1 heterocycles. The number of β-amino-alcohol motifs (C(OH)–C–C–N with tert-alkyl or cyclic N) is 1. The van der Waals surface area contributed by atoms with E-state index in [-0.39, 0.29) is 6.42 Å². The lowest BCUT2D eigenvalue weighted by atomic mass is 10.0. The Kier molecular flexibility index (Phi) is 4.54. The minimum atomic E-state index is -1.10. The van der Waals surface area contributed by atoms with Gasteiger partial charge in [-0.3, -0.25) is 4.79 Å². The molecule has 1 aliphatic heterocycles. The van der Waals surface area contributed by atoms with Crippen LogP contribution in [0.5, 0.6) is 0 Å². The molecular formula is C11H21NO3. The van der Waals surface area contributed by atoms with Crippen molar-refractivity contribution in [1.29, 1.82) is 0 Å². The first kappa shape index (κ1) is 12.5. The second-order valence-corrected chi connectivity index (χ2v) is 4.76. The number of carboxylic acids is 1. The lowest BCUT2D eigenvalue weighted by Crippen LogP contribution is -2.42. The molecule has 0 aliphatic carbocycles. The van der Waals surface area contributed by atoms with E-state index >= 15 is 0 Å². The number of likely N-dealkylation sites (tertiary alicyclic amines) is 1. The van der Waals surface area contributed by atoms with Crippen molar-refractivity contribution in [2.45, 2.75) is 44.6 Å². The lowest BCUT2D eigenvalue weighted by molar-refractivity contribution is -0.142. The predicted octanol–water partition coefficient (Wildman–Crippen LogP) is 1.09. The molecule has 1 atom stereocenters. The Morgan fingerprint density at radius 2 is 1.80 bits per heavy atom. The largest absolute Gasteiger partial charge is 0.481 e. The number of hydrogen-bond donors (Lipinski definition) is 2. The minimum absolute atomic E-state index is 0.177. The molecule has 0 bridgehead atoms. The molecule has 0 aromatic carbocycles. The van der Waals surface area contributed by atoms with E-state index in [1.54, 1.807) is 6.92 Å². The fraction of sp³-hybridized carbons (Fsp3) is 0.909. The Morgan fingerprint density at radius 1 is 1.27 bits per heavy atom. The van der Waals surface area contributed by atoms with Crippen LogP contribution in [0.2, 0.25) is 0 Å². The highest BCUT2D eigenvalue weighted by molar-refractivity contribution is 5.68. The van der Waals surface area contributed by atoms with Gasteiger partial charge >= 0.3 is 5.97 Å². The highest BCUT2D eigenvalue weighted by atomic mass is 16.4. The van der Waals surface area contributed by atoms with E-state index in [0.29, 0.717) is 6.54 Å². The van der Waals surface area contributed by atoms with Crippen molar-refractivity contribution >= 4 is 5.97 Å². The standard InChI is InChI=1S/C11H21NO3/c1-11(15,8-10(13)14)9-12-6-4-2-3-5-7-12/h15H,2-9H2,1H3,(H,13,14). The monoisotopic (exact) mass is 215 g/mol. The van der Waals surface area contributed by atoms with E-state index in [2.05, 4.69) is 4.90 Å². The summed E-state index contributed by atoms with van der Waals surface area (Å²) in [5.74, 6) is -0.935. The molecule has 1 fully saturated rings. The van der Waals surface area contributed by atoms with E-state index in [4.69, 9.17) is 5.11 Å². The van der Waals surface area contributed by atoms with Crippen LogP contribution in [-0.2, 0) is 4.79 Å². The first-order valence-electron chi connectivity index (χ1n) is 5.66. The summed E-state index contributed by atoms with van der Waals surface area (Å²) in [5, 5.41) is 18.6. The second-order valence-electron chi connectivity index (χ2n) is 4.76. The fourth-order valence-corrected chi connectivity index (χ4v) is 2.16. The number of rotatable bonds is 4. The summed E-state index contributed by atoms with van der Waals surface area (Å²) < 4.78 is 0. The van der Waals surface area contributed by atoms with Crippen LogP contribution in [0, 0.1) is 0 Å². The molecular weight excluding hydrogens is 194 g/mol. The second kappa shape index (κ2) is 5.47. The number of carbonyl (C=O) groups is 1. The molecule has 0 aromatic heterocycles. The Bertz CT molecular complexity index is 208. The van der Waals surface area contributed by atoms with Gasteiger partial charge in [0.25, 0.3) is 0 Å². The summed E-state index contributed by atoms with van der Waals surface area (Å²) in [6.07, 6.45) is 4.63. The van der Waals surface area contributed by atoms with Crippen molar-refractivity contribution < 1.29 is 15.0 Å². The van der Waals surface area contributed by atoms with Gasteiger partial charge in [0.05, 0.1) is 12.0 Å². The summed E-state index contributed by atoms with van der Waals surface area (Å²) in [6.45, 7) is 4.04. The highest BCUT2D eigenvalue weighted by Gasteiger charge is 2.27. The topological polar surface area (TPSA) is 60.8 Å². The maximum atomic E-state index is 10.5. The van der Waals surface area contributed by atoms with Gasteiger partial charge in [0.2, 0.25) is 0 Å². The van der Waals surface area contributed by atoms with Gasteiger partial charge in [0.15, 0.2) is 0 Å². The molecule has 2 N–H and O–H groups in total. The van der Waals surface area contributed by atoms with Crippen LogP contribution in [-0.4, -0.2) is 46.3 Å². The van der Waals surface area contributed by atoms with Gasteiger partial charge in [-0.1, -0.05) is 12.8 Å². The fourth-order valence-electron chi connectivity index (χ4n) is 2.16. The van der Waals surface area contributed by atoms with Crippen molar-refractivity contribution in [3.05, 3.63) is 0 Å². The summed E-state index contributed by atoms with van der Waals surface area (Å²) in [6, 6.07) is 0. The van der Waals surface area contributed by atoms with Crippen molar-refractivity contribution in [2.75, 3.05) is 19.6 Å². The minimum Gasteiger partial charge on any atom is -0.481 e.